The number of nitrogens with zero attached hydrogens (tertiary/aromatic N) is 1. The van der Waals surface area contributed by atoms with E-state index in [1.807, 2.05) is 0 Å². The van der Waals surface area contributed by atoms with Gasteiger partial charge in [0.25, 0.3) is 0 Å². The average Bonchev–Trinajstić information content (AvgIpc) is 2.15. The van der Waals surface area contributed by atoms with Crippen LogP contribution in [0.1, 0.15) is 12.0 Å². The number of rotatable bonds is 4. The van der Waals surface area contributed by atoms with E-state index in [-0.39, 0.29) is 0 Å². The maximum atomic E-state index is 5.45. The fraction of sp³-hybridized carbons (Fsp3) is 0.455. The molecule has 0 aliphatic carbocycles. The van der Waals surface area contributed by atoms with Gasteiger partial charge in [0.1, 0.15) is 0 Å². The van der Waals surface area contributed by atoms with Gasteiger partial charge in [0.15, 0.2) is 0 Å². The zero-order valence-electron chi connectivity index (χ0n) is 8.46. The summed E-state index contributed by atoms with van der Waals surface area (Å²) < 4.78 is 0. The standard InChI is InChI=1S/C11H18N2/c1-13(2)11-7-5-10(6-8-11)4-3-9-12/h5-8H,3-4,9,12H2,1-2H3. The molecular formula is C11H18N2. The first-order valence-corrected chi connectivity index (χ1v) is 4.70. The molecule has 0 fully saturated rings. The Morgan fingerprint density at radius 3 is 2.23 bits per heavy atom. The van der Waals surface area contributed by atoms with Crippen LogP contribution in [-0.4, -0.2) is 20.6 Å². The van der Waals surface area contributed by atoms with Crippen molar-refractivity contribution in [2.45, 2.75) is 12.8 Å². The molecule has 0 aromatic heterocycles. The van der Waals surface area contributed by atoms with Crippen molar-refractivity contribution < 1.29 is 0 Å². The zero-order valence-corrected chi connectivity index (χ0v) is 8.46. The highest BCUT2D eigenvalue weighted by Crippen LogP contribution is 2.12. The summed E-state index contributed by atoms with van der Waals surface area (Å²) in [5.74, 6) is 0. The molecule has 0 aliphatic rings. The molecule has 13 heavy (non-hydrogen) atoms. The normalized spacial score (nSPS) is 10.1. The monoisotopic (exact) mass is 178 g/mol. The Morgan fingerprint density at radius 1 is 1.15 bits per heavy atom. The van der Waals surface area contributed by atoms with E-state index in [2.05, 4.69) is 43.3 Å². The summed E-state index contributed by atoms with van der Waals surface area (Å²) in [7, 11) is 4.10. The van der Waals surface area contributed by atoms with Crippen molar-refractivity contribution in [3.63, 3.8) is 0 Å². The Hall–Kier alpha value is -1.02. The molecule has 1 aromatic carbocycles. The lowest BCUT2D eigenvalue weighted by Gasteiger charge is -2.12. The Kier molecular flexibility index (Phi) is 3.77. The predicted octanol–water partition coefficient (Wildman–Crippen LogP) is 1.64. The second kappa shape index (κ2) is 4.87. The van der Waals surface area contributed by atoms with Crippen LogP contribution in [-0.2, 0) is 6.42 Å². The second-order valence-corrected chi connectivity index (χ2v) is 3.45. The van der Waals surface area contributed by atoms with Gasteiger partial charge in [-0.1, -0.05) is 12.1 Å². The van der Waals surface area contributed by atoms with Gasteiger partial charge in [0.05, 0.1) is 0 Å². The lowest BCUT2D eigenvalue weighted by molar-refractivity contribution is 0.832. The number of anilines is 1. The largest absolute Gasteiger partial charge is 0.378 e. The van der Waals surface area contributed by atoms with Crippen LogP contribution in [0.4, 0.5) is 5.69 Å². The fourth-order valence-electron chi connectivity index (χ4n) is 1.27. The molecular weight excluding hydrogens is 160 g/mol. The van der Waals surface area contributed by atoms with Gasteiger partial charge >= 0.3 is 0 Å². The van der Waals surface area contributed by atoms with Gasteiger partial charge in [0, 0.05) is 19.8 Å². The molecule has 2 nitrogen and oxygen atoms in total. The lowest BCUT2D eigenvalue weighted by Crippen LogP contribution is -2.08. The van der Waals surface area contributed by atoms with Gasteiger partial charge < -0.3 is 10.6 Å². The molecule has 0 bridgehead atoms. The number of aryl methyl sites for hydroxylation is 1. The van der Waals surface area contributed by atoms with Gasteiger partial charge in [-0.25, -0.2) is 0 Å². The maximum absolute atomic E-state index is 5.45. The molecule has 0 aliphatic heterocycles. The summed E-state index contributed by atoms with van der Waals surface area (Å²) >= 11 is 0. The highest BCUT2D eigenvalue weighted by molar-refractivity contribution is 5.45. The van der Waals surface area contributed by atoms with E-state index in [0.29, 0.717) is 0 Å². The molecule has 0 atom stereocenters. The van der Waals surface area contributed by atoms with E-state index in [1.54, 1.807) is 0 Å². The van der Waals surface area contributed by atoms with Crippen molar-refractivity contribution in [1.29, 1.82) is 0 Å². The first kappa shape index (κ1) is 10.1. The molecule has 0 radical (unpaired) electrons. The predicted molar refractivity (Wildman–Crippen MR) is 58.1 cm³/mol. The maximum Gasteiger partial charge on any atom is 0.0361 e. The van der Waals surface area contributed by atoms with Crippen molar-refractivity contribution in [3.05, 3.63) is 29.8 Å². The van der Waals surface area contributed by atoms with Crippen LogP contribution >= 0.6 is 0 Å². The molecule has 2 heteroatoms. The van der Waals surface area contributed by atoms with E-state index in [4.69, 9.17) is 5.73 Å². The first-order valence-electron chi connectivity index (χ1n) is 4.70. The summed E-state index contributed by atoms with van der Waals surface area (Å²) in [6.07, 6.45) is 2.16. The number of benzene rings is 1. The molecule has 0 heterocycles. The third kappa shape index (κ3) is 3.07. The van der Waals surface area contributed by atoms with Crippen molar-refractivity contribution in [3.8, 4) is 0 Å². The van der Waals surface area contributed by atoms with Crippen molar-refractivity contribution >= 4 is 5.69 Å². The van der Waals surface area contributed by atoms with Crippen LogP contribution in [0, 0.1) is 0 Å². The zero-order chi connectivity index (χ0) is 9.68. The second-order valence-electron chi connectivity index (χ2n) is 3.45. The summed E-state index contributed by atoms with van der Waals surface area (Å²) in [4.78, 5) is 2.10. The van der Waals surface area contributed by atoms with Crippen molar-refractivity contribution in [1.82, 2.24) is 0 Å². The van der Waals surface area contributed by atoms with Crippen LogP contribution in [0.15, 0.2) is 24.3 Å². The van der Waals surface area contributed by atoms with E-state index in [0.717, 1.165) is 19.4 Å². The fourth-order valence-corrected chi connectivity index (χ4v) is 1.27. The van der Waals surface area contributed by atoms with Gasteiger partial charge in [-0.05, 0) is 37.1 Å². The summed E-state index contributed by atoms with van der Waals surface area (Å²) in [5, 5.41) is 0. The van der Waals surface area contributed by atoms with E-state index >= 15 is 0 Å². The summed E-state index contributed by atoms with van der Waals surface area (Å²) in [6, 6.07) is 8.63. The van der Waals surface area contributed by atoms with Crippen LogP contribution in [0.5, 0.6) is 0 Å². The molecule has 0 saturated heterocycles. The Labute approximate surface area is 80.4 Å². The van der Waals surface area contributed by atoms with Gasteiger partial charge in [-0.2, -0.15) is 0 Å². The Bertz CT molecular complexity index is 239. The molecule has 1 aromatic rings. The van der Waals surface area contributed by atoms with Crippen molar-refractivity contribution in [2.75, 3.05) is 25.5 Å². The van der Waals surface area contributed by atoms with Gasteiger partial charge in [-0.15, -0.1) is 0 Å². The van der Waals surface area contributed by atoms with Crippen LogP contribution in [0.3, 0.4) is 0 Å². The lowest BCUT2D eigenvalue weighted by atomic mass is 10.1. The SMILES string of the molecule is CN(C)c1ccc(CCCN)cc1. The summed E-state index contributed by atoms with van der Waals surface area (Å²) in [5.41, 5.74) is 8.06. The minimum Gasteiger partial charge on any atom is -0.378 e. The van der Waals surface area contributed by atoms with E-state index in [9.17, 15) is 0 Å². The van der Waals surface area contributed by atoms with E-state index < -0.39 is 0 Å². The number of hydrogen-bond donors (Lipinski definition) is 1. The molecule has 0 unspecified atom stereocenters. The third-order valence-electron chi connectivity index (χ3n) is 2.12. The molecule has 0 amide bonds. The van der Waals surface area contributed by atoms with Crippen molar-refractivity contribution in [2.24, 2.45) is 5.73 Å². The van der Waals surface area contributed by atoms with E-state index in [1.165, 1.54) is 11.3 Å². The molecule has 0 saturated carbocycles. The highest BCUT2D eigenvalue weighted by atomic mass is 15.1. The Morgan fingerprint density at radius 2 is 1.77 bits per heavy atom. The topological polar surface area (TPSA) is 29.3 Å². The smallest absolute Gasteiger partial charge is 0.0361 e. The Balaban J connectivity index is 2.59. The van der Waals surface area contributed by atoms with Gasteiger partial charge in [0.2, 0.25) is 0 Å². The quantitative estimate of drug-likeness (QED) is 0.759. The molecule has 2 N–H and O–H groups in total. The molecule has 72 valence electrons. The number of hydrogen-bond acceptors (Lipinski definition) is 2. The van der Waals surface area contributed by atoms with Crippen LogP contribution in [0.25, 0.3) is 0 Å². The number of nitrogens with two attached hydrogens (primary N) is 1. The van der Waals surface area contributed by atoms with Gasteiger partial charge in [-0.3, -0.25) is 0 Å². The minimum absolute atomic E-state index is 0.773. The molecule has 0 spiro atoms. The third-order valence-corrected chi connectivity index (χ3v) is 2.12. The first-order chi connectivity index (χ1) is 6.24. The van der Waals surface area contributed by atoms with Crippen LogP contribution < -0.4 is 10.6 Å². The molecule has 1 rings (SSSR count). The van der Waals surface area contributed by atoms with Crippen LogP contribution in [0.2, 0.25) is 0 Å². The summed E-state index contributed by atoms with van der Waals surface area (Å²) in [6.45, 7) is 0.773. The highest BCUT2D eigenvalue weighted by Gasteiger charge is 1.95. The average molecular weight is 178 g/mol. The minimum atomic E-state index is 0.773.